The summed E-state index contributed by atoms with van der Waals surface area (Å²) in [4.78, 5) is 3.95. The van der Waals surface area contributed by atoms with Crippen molar-refractivity contribution in [1.29, 1.82) is 0 Å². The smallest absolute Gasteiger partial charge is 0.268 e. The largest absolute Gasteiger partial charge is 0.447 e. The van der Waals surface area contributed by atoms with Crippen LogP contribution in [0.5, 0.6) is 11.5 Å². The van der Waals surface area contributed by atoms with Crippen molar-refractivity contribution >= 4 is 0 Å². The number of pyridine rings is 1. The fourth-order valence-electron chi connectivity index (χ4n) is 1.56. The Labute approximate surface area is 87.3 Å². The number of hydrogen-bond donors (Lipinski definition) is 0. The molecular formula is C12H9NO2. The van der Waals surface area contributed by atoms with Crippen LogP contribution in [0.15, 0.2) is 48.8 Å². The van der Waals surface area contributed by atoms with Crippen LogP contribution in [0.1, 0.15) is 11.9 Å². The molecule has 0 spiro atoms. The van der Waals surface area contributed by atoms with E-state index < -0.39 is 0 Å². The van der Waals surface area contributed by atoms with Crippen molar-refractivity contribution < 1.29 is 9.47 Å². The van der Waals surface area contributed by atoms with Gasteiger partial charge < -0.3 is 9.47 Å². The van der Waals surface area contributed by atoms with Crippen LogP contribution in [-0.4, -0.2) is 4.98 Å². The predicted octanol–water partition coefficient (Wildman–Crippen LogP) is 2.55. The SMILES string of the molecule is c1ccc2c(c1)OC(c1ccncc1)O2. The Bertz CT molecular complexity index is 445. The molecule has 1 aromatic heterocycles. The monoisotopic (exact) mass is 199 g/mol. The van der Waals surface area contributed by atoms with Gasteiger partial charge in [-0.1, -0.05) is 12.1 Å². The van der Waals surface area contributed by atoms with Crippen molar-refractivity contribution in [2.45, 2.75) is 6.29 Å². The Hall–Kier alpha value is -2.03. The molecule has 0 radical (unpaired) electrons. The molecule has 3 rings (SSSR count). The van der Waals surface area contributed by atoms with E-state index in [-0.39, 0.29) is 6.29 Å². The minimum atomic E-state index is -0.342. The lowest BCUT2D eigenvalue weighted by molar-refractivity contribution is 0.0486. The highest BCUT2D eigenvalue weighted by Crippen LogP contribution is 2.39. The fourth-order valence-corrected chi connectivity index (χ4v) is 1.56. The Morgan fingerprint density at radius 1 is 0.867 bits per heavy atom. The van der Waals surface area contributed by atoms with Crippen LogP contribution in [0.2, 0.25) is 0 Å². The van der Waals surface area contributed by atoms with Gasteiger partial charge in [0, 0.05) is 18.0 Å². The second-order valence-corrected chi connectivity index (χ2v) is 3.29. The lowest BCUT2D eigenvalue weighted by atomic mass is 10.3. The van der Waals surface area contributed by atoms with Gasteiger partial charge in [-0.2, -0.15) is 0 Å². The molecule has 3 nitrogen and oxygen atoms in total. The van der Waals surface area contributed by atoms with Crippen LogP contribution in [0.3, 0.4) is 0 Å². The third-order valence-electron chi connectivity index (χ3n) is 2.30. The molecule has 1 aliphatic heterocycles. The van der Waals surface area contributed by atoms with Crippen molar-refractivity contribution in [3.63, 3.8) is 0 Å². The average molecular weight is 199 g/mol. The van der Waals surface area contributed by atoms with E-state index in [1.54, 1.807) is 12.4 Å². The lowest BCUT2D eigenvalue weighted by Gasteiger charge is -2.09. The summed E-state index contributed by atoms with van der Waals surface area (Å²) in [5, 5.41) is 0. The maximum absolute atomic E-state index is 5.64. The van der Waals surface area contributed by atoms with Crippen molar-refractivity contribution in [2.75, 3.05) is 0 Å². The molecule has 0 N–H and O–H groups in total. The molecule has 0 saturated carbocycles. The molecule has 2 heterocycles. The van der Waals surface area contributed by atoms with Crippen molar-refractivity contribution in [3.8, 4) is 11.5 Å². The summed E-state index contributed by atoms with van der Waals surface area (Å²) in [6.07, 6.45) is 3.11. The van der Waals surface area contributed by atoms with E-state index >= 15 is 0 Å². The highest BCUT2D eigenvalue weighted by Gasteiger charge is 2.24. The first-order valence-corrected chi connectivity index (χ1v) is 4.76. The molecule has 2 aromatic rings. The Morgan fingerprint density at radius 2 is 1.47 bits per heavy atom. The normalized spacial score (nSPS) is 14.1. The molecular weight excluding hydrogens is 190 g/mol. The van der Waals surface area contributed by atoms with Crippen molar-refractivity contribution in [3.05, 3.63) is 54.4 Å². The minimum Gasteiger partial charge on any atom is -0.447 e. The van der Waals surface area contributed by atoms with Crippen LogP contribution in [-0.2, 0) is 0 Å². The zero-order valence-electron chi connectivity index (χ0n) is 7.96. The Kier molecular flexibility index (Phi) is 1.81. The second-order valence-electron chi connectivity index (χ2n) is 3.29. The van der Waals surface area contributed by atoms with E-state index in [2.05, 4.69) is 4.98 Å². The third kappa shape index (κ3) is 1.42. The Balaban J connectivity index is 1.91. The molecule has 0 atom stereocenters. The van der Waals surface area contributed by atoms with E-state index in [0.29, 0.717) is 0 Å². The van der Waals surface area contributed by atoms with Crippen LogP contribution < -0.4 is 9.47 Å². The van der Waals surface area contributed by atoms with Gasteiger partial charge in [-0.3, -0.25) is 4.98 Å². The predicted molar refractivity (Wildman–Crippen MR) is 54.7 cm³/mol. The molecule has 0 amide bonds. The molecule has 0 saturated heterocycles. The summed E-state index contributed by atoms with van der Waals surface area (Å²) < 4.78 is 11.3. The van der Waals surface area contributed by atoms with E-state index in [1.807, 2.05) is 36.4 Å². The van der Waals surface area contributed by atoms with Crippen LogP contribution >= 0.6 is 0 Å². The topological polar surface area (TPSA) is 31.4 Å². The summed E-state index contributed by atoms with van der Waals surface area (Å²) in [6.45, 7) is 0. The minimum absolute atomic E-state index is 0.342. The first kappa shape index (κ1) is 8.29. The van der Waals surface area contributed by atoms with E-state index in [4.69, 9.17) is 9.47 Å². The Morgan fingerprint density at radius 3 is 2.07 bits per heavy atom. The molecule has 74 valence electrons. The van der Waals surface area contributed by atoms with Gasteiger partial charge in [0.05, 0.1) is 0 Å². The molecule has 0 unspecified atom stereocenters. The standard InChI is InChI=1S/C12H9NO2/c1-2-4-11-10(3-1)14-12(15-11)9-5-7-13-8-6-9/h1-8,12H. The van der Waals surface area contributed by atoms with Crippen LogP contribution in [0, 0.1) is 0 Å². The molecule has 3 heteroatoms. The molecule has 0 aliphatic carbocycles. The first-order chi connectivity index (χ1) is 7.43. The highest BCUT2D eigenvalue weighted by atomic mass is 16.7. The maximum Gasteiger partial charge on any atom is 0.268 e. The van der Waals surface area contributed by atoms with Gasteiger partial charge in [-0.05, 0) is 24.3 Å². The number of para-hydroxylation sites is 2. The highest BCUT2D eigenvalue weighted by molar-refractivity contribution is 5.42. The quantitative estimate of drug-likeness (QED) is 0.707. The van der Waals surface area contributed by atoms with Gasteiger partial charge in [-0.25, -0.2) is 0 Å². The van der Waals surface area contributed by atoms with E-state index in [0.717, 1.165) is 17.1 Å². The lowest BCUT2D eigenvalue weighted by Crippen LogP contribution is -2.07. The van der Waals surface area contributed by atoms with Crippen LogP contribution in [0.4, 0.5) is 0 Å². The number of nitrogens with zero attached hydrogens (tertiary/aromatic N) is 1. The number of benzene rings is 1. The summed E-state index contributed by atoms with van der Waals surface area (Å²) >= 11 is 0. The maximum atomic E-state index is 5.64. The summed E-state index contributed by atoms with van der Waals surface area (Å²) in [5.74, 6) is 1.58. The van der Waals surface area contributed by atoms with Crippen molar-refractivity contribution in [2.24, 2.45) is 0 Å². The van der Waals surface area contributed by atoms with Gasteiger partial charge in [0.15, 0.2) is 11.5 Å². The average Bonchev–Trinajstić information content (AvgIpc) is 2.74. The van der Waals surface area contributed by atoms with Gasteiger partial charge in [0.2, 0.25) is 0 Å². The number of ether oxygens (including phenoxy) is 2. The zero-order valence-corrected chi connectivity index (χ0v) is 7.96. The molecule has 1 aromatic carbocycles. The number of rotatable bonds is 1. The summed E-state index contributed by atoms with van der Waals surface area (Å²) in [6, 6.07) is 11.4. The van der Waals surface area contributed by atoms with Gasteiger partial charge in [-0.15, -0.1) is 0 Å². The third-order valence-corrected chi connectivity index (χ3v) is 2.30. The molecule has 1 aliphatic rings. The van der Waals surface area contributed by atoms with Gasteiger partial charge in [0.1, 0.15) is 0 Å². The van der Waals surface area contributed by atoms with Gasteiger partial charge >= 0.3 is 0 Å². The van der Waals surface area contributed by atoms with Crippen molar-refractivity contribution in [1.82, 2.24) is 4.98 Å². The van der Waals surface area contributed by atoms with E-state index in [1.165, 1.54) is 0 Å². The fraction of sp³-hybridized carbons (Fsp3) is 0.0833. The van der Waals surface area contributed by atoms with E-state index in [9.17, 15) is 0 Å². The molecule has 15 heavy (non-hydrogen) atoms. The number of fused-ring (bicyclic) bond motifs is 1. The first-order valence-electron chi connectivity index (χ1n) is 4.76. The number of aromatic nitrogens is 1. The summed E-state index contributed by atoms with van der Waals surface area (Å²) in [5.41, 5.74) is 0.973. The summed E-state index contributed by atoms with van der Waals surface area (Å²) in [7, 11) is 0. The second kappa shape index (κ2) is 3.28. The molecule has 0 fully saturated rings. The zero-order chi connectivity index (χ0) is 10.1. The van der Waals surface area contributed by atoms with Crippen LogP contribution in [0.25, 0.3) is 0 Å². The molecule has 0 bridgehead atoms. The van der Waals surface area contributed by atoms with Gasteiger partial charge in [0.25, 0.3) is 6.29 Å². The number of hydrogen-bond acceptors (Lipinski definition) is 3.